The Hall–Kier alpha value is -1.94. The molecule has 85 heavy (non-hydrogen) atoms. The quantitative estimate of drug-likeness (QED) is 0.0222. The first-order valence-electron chi connectivity index (χ1n) is 34.3. The number of carbonyl (C=O) groups is 4. The maximum Gasteiger partial charge on any atom is 0.472 e. The minimum atomic E-state index is -4.95. The molecule has 0 aliphatic heterocycles. The summed E-state index contributed by atoms with van der Waals surface area (Å²) in [5.74, 6) is 0.816. The number of rotatable bonds is 63. The Morgan fingerprint density at radius 3 is 0.835 bits per heavy atom. The molecule has 7 atom stereocenters. The first kappa shape index (κ1) is 83.1. The summed E-state index contributed by atoms with van der Waals surface area (Å²) in [5.41, 5.74) is 0. The fraction of sp³-hybridized carbons (Fsp3) is 0.939. The molecule has 0 fully saturated rings. The van der Waals surface area contributed by atoms with E-state index in [1.54, 1.807) is 0 Å². The number of carbonyl (C=O) groups excluding carboxylic acids is 4. The molecule has 5 unspecified atom stereocenters. The molecule has 0 saturated heterocycles. The minimum Gasteiger partial charge on any atom is -0.462 e. The van der Waals surface area contributed by atoms with Gasteiger partial charge in [0.2, 0.25) is 0 Å². The van der Waals surface area contributed by atoms with Gasteiger partial charge in [-0.1, -0.05) is 267 Å². The van der Waals surface area contributed by atoms with Crippen LogP contribution in [0.15, 0.2) is 0 Å². The molecule has 0 saturated carbocycles. The first-order valence-corrected chi connectivity index (χ1v) is 37.3. The number of aliphatic hydroxyl groups is 1. The average Bonchev–Trinajstić information content (AvgIpc) is 3.49. The van der Waals surface area contributed by atoms with Gasteiger partial charge in [0, 0.05) is 25.7 Å². The highest BCUT2D eigenvalue weighted by atomic mass is 31.2. The van der Waals surface area contributed by atoms with Crippen molar-refractivity contribution < 1.29 is 80.2 Å². The van der Waals surface area contributed by atoms with Gasteiger partial charge in [-0.2, -0.15) is 0 Å². The lowest BCUT2D eigenvalue weighted by Crippen LogP contribution is -2.30. The van der Waals surface area contributed by atoms with Crippen LogP contribution in [-0.2, 0) is 65.4 Å². The van der Waals surface area contributed by atoms with Crippen molar-refractivity contribution in [2.75, 3.05) is 39.6 Å². The second kappa shape index (κ2) is 56.1. The van der Waals surface area contributed by atoms with Crippen LogP contribution >= 0.6 is 15.6 Å². The van der Waals surface area contributed by atoms with Crippen LogP contribution < -0.4 is 0 Å². The molecule has 0 radical (unpaired) electrons. The standard InChI is InChI=1S/C66H128O17P2/c1-9-58(7)44-36-28-20-15-16-21-30-38-46-63(68)76-52-61(82-65(70)48-40-32-22-14-12-11-13-18-26-34-42-56(3)4)54-80-84(72,73)78-50-60(67)51-79-85(74,75)81-55-62(83-66(71)49-41-33-25-24-29-37-45-59(8)10-2)53-77-64(69)47-39-31-23-17-19-27-35-43-57(5)6/h56-62,67H,9-55H2,1-8H3,(H,72,73)(H,74,75)/t58?,59?,60?,61-,62-/m1/s1. The van der Waals surface area contributed by atoms with Crippen LogP contribution in [0.4, 0.5) is 0 Å². The van der Waals surface area contributed by atoms with Gasteiger partial charge in [0.1, 0.15) is 19.3 Å². The van der Waals surface area contributed by atoms with Crippen LogP contribution in [0.2, 0.25) is 0 Å². The molecule has 0 aromatic heterocycles. The smallest absolute Gasteiger partial charge is 0.462 e. The van der Waals surface area contributed by atoms with Gasteiger partial charge in [-0.15, -0.1) is 0 Å². The maximum absolute atomic E-state index is 13.0. The van der Waals surface area contributed by atoms with Crippen LogP contribution in [0.3, 0.4) is 0 Å². The Labute approximate surface area is 517 Å². The Morgan fingerprint density at radius 2 is 0.565 bits per heavy atom. The highest BCUT2D eigenvalue weighted by Gasteiger charge is 2.30. The number of phosphoric acid groups is 2. The predicted molar refractivity (Wildman–Crippen MR) is 340 cm³/mol. The van der Waals surface area contributed by atoms with Crippen LogP contribution in [0, 0.1) is 23.7 Å². The van der Waals surface area contributed by atoms with E-state index < -0.39 is 97.5 Å². The summed E-state index contributed by atoms with van der Waals surface area (Å²) >= 11 is 0. The van der Waals surface area contributed by atoms with E-state index in [0.717, 1.165) is 114 Å². The van der Waals surface area contributed by atoms with Gasteiger partial charge >= 0.3 is 39.5 Å². The fourth-order valence-electron chi connectivity index (χ4n) is 9.72. The van der Waals surface area contributed by atoms with Crippen LogP contribution in [0.5, 0.6) is 0 Å². The van der Waals surface area contributed by atoms with E-state index >= 15 is 0 Å². The second-order valence-corrected chi connectivity index (χ2v) is 28.2. The molecule has 0 heterocycles. The molecule has 0 amide bonds. The molecule has 0 aliphatic carbocycles. The third kappa shape index (κ3) is 58.2. The van der Waals surface area contributed by atoms with Crippen molar-refractivity contribution in [2.24, 2.45) is 23.7 Å². The van der Waals surface area contributed by atoms with Crippen LogP contribution in [-0.4, -0.2) is 96.7 Å². The number of unbranched alkanes of at least 4 members (excludes halogenated alkanes) is 27. The van der Waals surface area contributed by atoms with Gasteiger partial charge in [0.05, 0.1) is 26.4 Å². The van der Waals surface area contributed by atoms with Crippen molar-refractivity contribution in [3.8, 4) is 0 Å². The maximum atomic E-state index is 13.0. The Morgan fingerprint density at radius 1 is 0.329 bits per heavy atom. The highest BCUT2D eigenvalue weighted by molar-refractivity contribution is 7.47. The lowest BCUT2D eigenvalue weighted by Gasteiger charge is -2.21. The number of esters is 4. The molecule has 3 N–H and O–H groups in total. The molecule has 504 valence electrons. The molecule has 19 heteroatoms. The lowest BCUT2D eigenvalue weighted by atomic mass is 9.99. The van der Waals surface area contributed by atoms with Crippen molar-refractivity contribution in [3.05, 3.63) is 0 Å². The molecule has 0 rings (SSSR count). The Kier molecular flexibility index (Phi) is 54.8. The normalized spacial score (nSPS) is 15.0. The summed E-state index contributed by atoms with van der Waals surface area (Å²) in [5, 5.41) is 10.6. The van der Waals surface area contributed by atoms with E-state index in [2.05, 4.69) is 55.4 Å². The van der Waals surface area contributed by atoms with Gasteiger partial charge in [-0.25, -0.2) is 9.13 Å². The zero-order valence-corrected chi connectivity index (χ0v) is 57.0. The zero-order chi connectivity index (χ0) is 63.2. The molecule has 0 bridgehead atoms. The SMILES string of the molecule is CCC(C)CCCCCCCCCCC(=O)OC[C@H](COP(=O)(O)OCC(O)COP(=O)(O)OC[C@@H](COC(=O)CCCCCCCCCC(C)C)OC(=O)CCCCCCCCC(C)CC)OC(=O)CCCCCCCCCCCCC(C)C. The lowest BCUT2D eigenvalue weighted by molar-refractivity contribution is -0.161. The molecule has 0 aliphatic rings. The van der Waals surface area contributed by atoms with Crippen molar-refractivity contribution in [1.82, 2.24) is 0 Å². The molecule has 0 aromatic rings. The molecule has 0 aromatic carbocycles. The number of ether oxygens (including phenoxy) is 4. The average molecular weight is 1260 g/mol. The Balaban J connectivity index is 5.27. The van der Waals surface area contributed by atoms with Crippen molar-refractivity contribution in [2.45, 2.75) is 337 Å². The summed E-state index contributed by atoms with van der Waals surface area (Å²) in [6.45, 7) is 14.0. The molecule has 0 spiro atoms. The Bertz CT molecular complexity index is 1700. The fourth-order valence-corrected chi connectivity index (χ4v) is 11.3. The number of aliphatic hydroxyl groups excluding tert-OH is 1. The number of phosphoric ester groups is 2. The van der Waals surface area contributed by atoms with Crippen molar-refractivity contribution in [1.29, 1.82) is 0 Å². The topological polar surface area (TPSA) is 237 Å². The molecular weight excluding hydrogens is 1130 g/mol. The second-order valence-electron chi connectivity index (χ2n) is 25.3. The van der Waals surface area contributed by atoms with Gasteiger partial charge in [-0.05, 0) is 49.4 Å². The summed E-state index contributed by atoms with van der Waals surface area (Å²) < 4.78 is 68.1. The van der Waals surface area contributed by atoms with E-state index in [1.807, 2.05) is 0 Å². The molecule has 17 nitrogen and oxygen atoms in total. The van der Waals surface area contributed by atoms with E-state index in [-0.39, 0.29) is 25.7 Å². The summed E-state index contributed by atoms with van der Waals surface area (Å²) in [4.78, 5) is 72.3. The predicted octanol–water partition coefficient (Wildman–Crippen LogP) is 18.1. The van der Waals surface area contributed by atoms with Gasteiger partial charge in [0.25, 0.3) is 0 Å². The number of hydrogen-bond donors (Lipinski definition) is 3. The summed E-state index contributed by atoms with van der Waals surface area (Å²) in [6.07, 6.45) is 36.2. The largest absolute Gasteiger partial charge is 0.472 e. The minimum absolute atomic E-state index is 0.101. The summed E-state index contributed by atoms with van der Waals surface area (Å²) in [6, 6.07) is 0. The highest BCUT2D eigenvalue weighted by Crippen LogP contribution is 2.45. The van der Waals surface area contributed by atoms with E-state index in [0.29, 0.717) is 31.6 Å². The van der Waals surface area contributed by atoms with Gasteiger partial charge in [0.15, 0.2) is 12.2 Å². The summed E-state index contributed by atoms with van der Waals surface area (Å²) in [7, 11) is -9.89. The van der Waals surface area contributed by atoms with Crippen molar-refractivity contribution >= 4 is 39.5 Å². The van der Waals surface area contributed by atoms with E-state index in [1.165, 1.54) is 116 Å². The zero-order valence-electron chi connectivity index (χ0n) is 55.2. The monoisotopic (exact) mass is 1250 g/mol. The molecular formula is C66H128O17P2. The number of hydrogen-bond acceptors (Lipinski definition) is 15. The third-order valence-corrected chi connectivity index (χ3v) is 17.7. The third-order valence-electron chi connectivity index (χ3n) is 15.8. The van der Waals surface area contributed by atoms with Crippen LogP contribution in [0.25, 0.3) is 0 Å². The van der Waals surface area contributed by atoms with E-state index in [4.69, 9.17) is 37.0 Å². The first-order chi connectivity index (χ1) is 40.7. The van der Waals surface area contributed by atoms with Crippen molar-refractivity contribution in [3.63, 3.8) is 0 Å². The van der Waals surface area contributed by atoms with Gasteiger partial charge in [-0.3, -0.25) is 37.3 Å². The van der Waals surface area contributed by atoms with Gasteiger partial charge < -0.3 is 33.8 Å². The van der Waals surface area contributed by atoms with Crippen LogP contribution in [0.1, 0.15) is 319 Å². The van der Waals surface area contributed by atoms with E-state index in [9.17, 15) is 43.2 Å².